The van der Waals surface area contributed by atoms with Crippen molar-refractivity contribution in [1.29, 1.82) is 0 Å². The Morgan fingerprint density at radius 2 is 2.00 bits per heavy atom. The van der Waals surface area contributed by atoms with Gasteiger partial charge in [0.2, 0.25) is 0 Å². The lowest BCUT2D eigenvalue weighted by molar-refractivity contribution is -0.155. The zero-order valence-corrected chi connectivity index (χ0v) is 10.3. The number of rotatable bonds is 5. The Bertz CT molecular complexity index is 268. The number of likely N-dealkylation sites (N-methyl/N-ethyl adjacent to an activating group) is 1. The van der Waals surface area contributed by atoms with E-state index in [2.05, 4.69) is 19.2 Å². The first-order valence-electron chi connectivity index (χ1n) is 5.81. The van der Waals surface area contributed by atoms with Gasteiger partial charge < -0.3 is 15.1 Å². The number of nitrogens with one attached hydrogen (secondary N) is 1. The second-order valence-corrected chi connectivity index (χ2v) is 4.39. The lowest BCUT2D eigenvalue weighted by atomic mass is 10.1. The summed E-state index contributed by atoms with van der Waals surface area (Å²) in [5.74, 6) is -0.376. The summed E-state index contributed by atoms with van der Waals surface area (Å²) in [7, 11) is 1.67. The predicted octanol–water partition coefficient (Wildman–Crippen LogP) is -0.467. The van der Waals surface area contributed by atoms with E-state index in [0.29, 0.717) is 25.6 Å². The molecule has 1 fully saturated rings. The summed E-state index contributed by atoms with van der Waals surface area (Å²) in [4.78, 5) is 26.2. The monoisotopic (exact) mass is 227 g/mol. The maximum atomic E-state index is 11.7. The third-order valence-electron chi connectivity index (χ3n) is 2.80. The molecule has 1 saturated heterocycles. The fourth-order valence-corrected chi connectivity index (χ4v) is 1.78. The summed E-state index contributed by atoms with van der Waals surface area (Å²) in [5, 5.41) is 3.24. The van der Waals surface area contributed by atoms with Gasteiger partial charge in [-0.3, -0.25) is 9.59 Å². The summed E-state index contributed by atoms with van der Waals surface area (Å²) in [6.07, 6.45) is 0. The van der Waals surface area contributed by atoms with E-state index >= 15 is 0 Å². The SMILES string of the molecule is CCNCC(C)CN1CCN(C)C(=O)C1=O. The number of amides is 2. The van der Waals surface area contributed by atoms with Crippen molar-refractivity contribution in [3.63, 3.8) is 0 Å². The third-order valence-corrected chi connectivity index (χ3v) is 2.80. The summed E-state index contributed by atoms with van der Waals surface area (Å²) in [6, 6.07) is 0. The molecule has 0 aromatic rings. The molecule has 1 aliphatic rings. The van der Waals surface area contributed by atoms with Gasteiger partial charge in [-0.15, -0.1) is 0 Å². The molecular weight excluding hydrogens is 206 g/mol. The van der Waals surface area contributed by atoms with Gasteiger partial charge in [-0.1, -0.05) is 13.8 Å². The maximum absolute atomic E-state index is 11.7. The minimum absolute atomic E-state index is 0.364. The first-order valence-corrected chi connectivity index (χ1v) is 5.81. The minimum Gasteiger partial charge on any atom is -0.336 e. The van der Waals surface area contributed by atoms with E-state index in [0.717, 1.165) is 13.1 Å². The highest BCUT2D eigenvalue weighted by Crippen LogP contribution is 2.06. The van der Waals surface area contributed by atoms with Gasteiger partial charge in [0, 0.05) is 26.7 Å². The zero-order chi connectivity index (χ0) is 12.1. The van der Waals surface area contributed by atoms with Crippen LogP contribution in [-0.4, -0.2) is 61.4 Å². The number of hydrogen-bond donors (Lipinski definition) is 1. The molecule has 1 heterocycles. The average Bonchev–Trinajstić information content (AvgIpc) is 2.27. The molecule has 1 N–H and O–H groups in total. The van der Waals surface area contributed by atoms with Gasteiger partial charge in [0.1, 0.15) is 0 Å². The van der Waals surface area contributed by atoms with Crippen molar-refractivity contribution in [2.24, 2.45) is 5.92 Å². The molecule has 0 aliphatic carbocycles. The van der Waals surface area contributed by atoms with Crippen molar-refractivity contribution in [1.82, 2.24) is 15.1 Å². The maximum Gasteiger partial charge on any atom is 0.312 e. The predicted molar refractivity (Wildman–Crippen MR) is 61.9 cm³/mol. The Morgan fingerprint density at radius 1 is 1.31 bits per heavy atom. The molecule has 1 rings (SSSR count). The molecule has 92 valence electrons. The molecule has 0 bridgehead atoms. The molecule has 0 spiro atoms. The molecule has 5 nitrogen and oxygen atoms in total. The normalized spacial score (nSPS) is 19.2. The summed E-state index contributed by atoms with van der Waals surface area (Å²) in [6.45, 7) is 7.89. The largest absolute Gasteiger partial charge is 0.336 e. The van der Waals surface area contributed by atoms with Gasteiger partial charge >= 0.3 is 11.8 Å². The van der Waals surface area contributed by atoms with Crippen molar-refractivity contribution in [3.05, 3.63) is 0 Å². The van der Waals surface area contributed by atoms with Crippen molar-refractivity contribution in [2.45, 2.75) is 13.8 Å². The van der Waals surface area contributed by atoms with E-state index in [1.54, 1.807) is 11.9 Å². The van der Waals surface area contributed by atoms with Crippen LogP contribution in [0.25, 0.3) is 0 Å². The highest BCUT2D eigenvalue weighted by Gasteiger charge is 2.30. The Kier molecular flexibility index (Phi) is 4.73. The van der Waals surface area contributed by atoms with Crippen LogP contribution >= 0.6 is 0 Å². The van der Waals surface area contributed by atoms with E-state index in [9.17, 15) is 9.59 Å². The topological polar surface area (TPSA) is 52.6 Å². The third kappa shape index (κ3) is 3.20. The van der Waals surface area contributed by atoms with Crippen molar-refractivity contribution >= 4 is 11.8 Å². The van der Waals surface area contributed by atoms with Crippen LogP contribution in [0.15, 0.2) is 0 Å². The second-order valence-electron chi connectivity index (χ2n) is 4.39. The molecule has 16 heavy (non-hydrogen) atoms. The van der Waals surface area contributed by atoms with Crippen molar-refractivity contribution in [3.8, 4) is 0 Å². The second kappa shape index (κ2) is 5.84. The average molecular weight is 227 g/mol. The first-order chi connectivity index (χ1) is 7.56. The minimum atomic E-state index is -0.387. The van der Waals surface area contributed by atoms with Crippen LogP contribution in [0.3, 0.4) is 0 Å². The fourth-order valence-electron chi connectivity index (χ4n) is 1.78. The van der Waals surface area contributed by atoms with E-state index in [1.165, 1.54) is 4.90 Å². The van der Waals surface area contributed by atoms with E-state index in [1.807, 2.05) is 0 Å². The van der Waals surface area contributed by atoms with Gasteiger partial charge in [0.05, 0.1) is 0 Å². The molecule has 0 saturated carbocycles. The highest BCUT2D eigenvalue weighted by molar-refractivity contribution is 6.35. The molecule has 1 unspecified atom stereocenters. The molecule has 1 atom stereocenters. The van der Waals surface area contributed by atoms with Gasteiger partial charge in [0.25, 0.3) is 0 Å². The quantitative estimate of drug-likeness (QED) is 0.646. The number of hydrogen-bond acceptors (Lipinski definition) is 3. The molecule has 0 radical (unpaired) electrons. The highest BCUT2D eigenvalue weighted by atomic mass is 16.2. The number of nitrogens with zero attached hydrogens (tertiary/aromatic N) is 2. The zero-order valence-electron chi connectivity index (χ0n) is 10.3. The lowest BCUT2D eigenvalue weighted by Crippen LogP contribution is -2.54. The van der Waals surface area contributed by atoms with Gasteiger partial charge in [-0.05, 0) is 19.0 Å². The smallest absolute Gasteiger partial charge is 0.312 e. The Hall–Kier alpha value is -1.10. The first kappa shape index (κ1) is 13.0. The standard InChI is InChI=1S/C11H21N3O2/c1-4-12-7-9(2)8-14-6-5-13(3)10(15)11(14)16/h9,12H,4-8H2,1-3H3. The van der Waals surface area contributed by atoms with Crippen LogP contribution in [0.4, 0.5) is 0 Å². The number of carbonyl (C=O) groups is 2. The lowest BCUT2D eigenvalue weighted by Gasteiger charge is -2.33. The Balaban J connectivity index is 2.42. The number of carbonyl (C=O) groups excluding carboxylic acids is 2. The van der Waals surface area contributed by atoms with Crippen LogP contribution in [-0.2, 0) is 9.59 Å². The molecular formula is C11H21N3O2. The van der Waals surface area contributed by atoms with Gasteiger partial charge in [0.15, 0.2) is 0 Å². The van der Waals surface area contributed by atoms with Crippen LogP contribution < -0.4 is 5.32 Å². The van der Waals surface area contributed by atoms with Crippen LogP contribution in [0.5, 0.6) is 0 Å². The Morgan fingerprint density at radius 3 is 2.62 bits per heavy atom. The molecule has 2 amide bonds. The van der Waals surface area contributed by atoms with Crippen molar-refractivity contribution < 1.29 is 9.59 Å². The van der Waals surface area contributed by atoms with Crippen LogP contribution in [0.2, 0.25) is 0 Å². The number of piperazine rings is 1. The summed E-state index contributed by atoms with van der Waals surface area (Å²) >= 11 is 0. The van der Waals surface area contributed by atoms with Gasteiger partial charge in [-0.2, -0.15) is 0 Å². The van der Waals surface area contributed by atoms with E-state index < -0.39 is 0 Å². The van der Waals surface area contributed by atoms with E-state index in [-0.39, 0.29) is 11.8 Å². The molecule has 5 heteroatoms. The van der Waals surface area contributed by atoms with Crippen LogP contribution in [0.1, 0.15) is 13.8 Å². The van der Waals surface area contributed by atoms with Crippen LogP contribution in [0, 0.1) is 5.92 Å². The molecule has 0 aromatic carbocycles. The molecule has 1 aliphatic heterocycles. The summed E-state index contributed by atoms with van der Waals surface area (Å²) in [5.41, 5.74) is 0. The molecule has 0 aromatic heterocycles. The van der Waals surface area contributed by atoms with Crippen molar-refractivity contribution in [2.75, 3.05) is 39.8 Å². The van der Waals surface area contributed by atoms with Gasteiger partial charge in [-0.25, -0.2) is 0 Å². The summed E-state index contributed by atoms with van der Waals surface area (Å²) < 4.78 is 0. The van der Waals surface area contributed by atoms with E-state index in [4.69, 9.17) is 0 Å². The fraction of sp³-hybridized carbons (Fsp3) is 0.818. The Labute approximate surface area is 96.8 Å².